The van der Waals surface area contributed by atoms with E-state index in [2.05, 4.69) is 30.0 Å². The normalized spacial score (nSPS) is 22.9. The number of hydrogen-bond donors (Lipinski definition) is 0. The Morgan fingerprint density at radius 3 is 2.67 bits per heavy atom. The molecule has 0 spiro atoms. The summed E-state index contributed by atoms with van der Waals surface area (Å²) in [5.41, 5.74) is 3.11. The van der Waals surface area contributed by atoms with E-state index in [4.69, 9.17) is 4.74 Å². The van der Waals surface area contributed by atoms with E-state index in [1.807, 2.05) is 30.5 Å². The molecule has 4 rings (SSSR count). The number of amides is 1. The number of halogens is 1. The van der Waals surface area contributed by atoms with Crippen molar-refractivity contribution in [1.29, 1.82) is 0 Å². The van der Waals surface area contributed by atoms with Crippen LogP contribution < -0.4 is 4.74 Å². The number of nitrogens with zero attached hydrogens (tertiary/aromatic N) is 3. The van der Waals surface area contributed by atoms with Crippen LogP contribution >= 0.6 is 0 Å². The minimum Gasteiger partial charge on any atom is -0.494 e. The molecule has 1 saturated heterocycles. The van der Waals surface area contributed by atoms with Crippen LogP contribution in [0.2, 0.25) is 0 Å². The van der Waals surface area contributed by atoms with Gasteiger partial charge in [-0.3, -0.25) is 9.69 Å². The zero-order valence-corrected chi connectivity index (χ0v) is 17.5. The number of fused-ring (bicyclic) bond motifs is 1. The highest BCUT2D eigenvalue weighted by molar-refractivity contribution is 5.99. The van der Waals surface area contributed by atoms with Gasteiger partial charge in [0, 0.05) is 37.1 Å². The molecule has 5 nitrogen and oxygen atoms in total. The second-order valence-electron chi connectivity index (χ2n) is 7.85. The molecule has 6 heteroatoms. The monoisotopic (exact) mass is 407 g/mol. The summed E-state index contributed by atoms with van der Waals surface area (Å²) in [6.07, 6.45) is 14.2. The molecule has 1 aromatic rings. The maximum atomic E-state index is 14.2. The quantitative estimate of drug-likeness (QED) is 0.765. The zero-order valence-electron chi connectivity index (χ0n) is 17.5. The Balaban J connectivity index is 1.61. The molecule has 3 heterocycles. The van der Waals surface area contributed by atoms with Gasteiger partial charge in [0.2, 0.25) is 0 Å². The van der Waals surface area contributed by atoms with Crippen LogP contribution in [0.4, 0.5) is 4.39 Å². The van der Waals surface area contributed by atoms with Crippen molar-refractivity contribution in [3.05, 3.63) is 83.6 Å². The van der Waals surface area contributed by atoms with E-state index >= 15 is 0 Å². The Morgan fingerprint density at radius 2 is 1.97 bits per heavy atom. The number of methoxy groups -OCH3 is 1. The number of benzene rings is 1. The van der Waals surface area contributed by atoms with Gasteiger partial charge in [-0.1, -0.05) is 18.2 Å². The fourth-order valence-corrected chi connectivity index (χ4v) is 3.94. The Hall–Kier alpha value is -3.12. The SMILES string of the molecule is COc1ccc(C2=CC(=O)N3C=C(N4CC[C@H](N(C)C)C4)C=C/C3=C\C=C2)cc1F. The van der Waals surface area contributed by atoms with Gasteiger partial charge in [0.05, 0.1) is 12.8 Å². The van der Waals surface area contributed by atoms with Crippen molar-refractivity contribution in [1.82, 2.24) is 14.7 Å². The third-order valence-electron chi connectivity index (χ3n) is 5.77. The van der Waals surface area contributed by atoms with Gasteiger partial charge in [-0.15, -0.1) is 0 Å². The van der Waals surface area contributed by atoms with E-state index < -0.39 is 5.82 Å². The first kappa shape index (κ1) is 20.2. The summed E-state index contributed by atoms with van der Waals surface area (Å²) in [6.45, 7) is 1.91. The van der Waals surface area contributed by atoms with E-state index in [0.717, 1.165) is 30.9 Å². The Bertz CT molecular complexity index is 1000. The van der Waals surface area contributed by atoms with Crippen molar-refractivity contribution < 1.29 is 13.9 Å². The number of carbonyl (C=O) groups excluding carboxylic acids is 1. The van der Waals surface area contributed by atoms with E-state index in [0.29, 0.717) is 17.2 Å². The van der Waals surface area contributed by atoms with Gasteiger partial charge in [-0.25, -0.2) is 4.39 Å². The van der Waals surface area contributed by atoms with E-state index in [1.165, 1.54) is 13.2 Å². The van der Waals surface area contributed by atoms with Crippen molar-refractivity contribution in [2.75, 3.05) is 34.3 Å². The first-order valence-corrected chi connectivity index (χ1v) is 10.0. The average Bonchev–Trinajstić information content (AvgIpc) is 3.22. The minimum absolute atomic E-state index is 0.165. The lowest BCUT2D eigenvalue weighted by atomic mass is 10.0. The molecule has 1 atom stereocenters. The van der Waals surface area contributed by atoms with Gasteiger partial charge in [-0.2, -0.15) is 0 Å². The second kappa shape index (κ2) is 8.32. The van der Waals surface area contributed by atoms with Crippen molar-refractivity contribution in [3.63, 3.8) is 0 Å². The van der Waals surface area contributed by atoms with Crippen LogP contribution in [0.15, 0.2) is 72.2 Å². The Labute approximate surface area is 176 Å². The van der Waals surface area contributed by atoms with Crippen LogP contribution in [0, 0.1) is 5.82 Å². The highest BCUT2D eigenvalue weighted by Gasteiger charge is 2.27. The average molecular weight is 407 g/mol. The van der Waals surface area contributed by atoms with Gasteiger partial charge >= 0.3 is 0 Å². The number of likely N-dealkylation sites (tertiary alicyclic amines) is 1. The van der Waals surface area contributed by atoms with E-state index in [9.17, 15) is 9.18 Å². The summed E-state index contributed by atoms with van der Waals surface area (Å²) >= 11 is 0. The predicted octanol–water partition coefficient (Wildman–Crippen LogP) is 3.55. The molecule has 0 aromatic heterocycles. The zero-order chi connectivity index (χ0) is 21.3. The Kier molecular flexibility index (Phi) is 5.59. The third kappa shape index (κ3) is 3.96. The molecule has 0 bridgehead atoms. The van der Waals surface area contributed by atoms with E-state index in [-0.39, 0.29) is 11.7 Å². The molecule has 1 amide bonds. The summed E-state index contributed by atoms with van der Waals surface area (Å²) in [7, 11) is 5.63. The number of rotatable bonds is 4. The fourth-order valence-electron chi connectivity index (χ4n) is 3.94. The summed E-state index contributed by atoms with van der Waals surface area (Å²) in [5.74, 6) is -0.442. The highest BCUT2D eigenvalue weighted by atomic mass is 19.1. The molecular weight excluding hydrogens is 381 g/mol. The molecule has 30 heavy (non-hydrogen) atoms. The van der Waals surface area contributed by atoms with Gasteiger partial charge in [0.25, 0.3) is 5.91 Å². The van der Waals surface area contributed by atoms with Gasteiger partial charge in [0.1, 0.15) is 0 Å². The van der Waals surface area contributed by atoms with Crippen molar-refractivity contribution in [2.24, 2.45) is 0 Å². The molecule has 0 radical (unpaired) electrons. The summed E-state index contributed by atoms with van der Waals surface area (Å²) in [6, 6.07) is 5.22. The van der Waals surface area contributed by atoms with Crippen LogP contribution in [-0.2, 0) is 4.79 Å². The maximum Gasteiger partial charge on any atom is 0.255 e. The van der Waals surface area contributed by atoms with Crippen molar-refractivity contribution in [3.8, 4) is 5.75 Å². The topological polar surface area (TPSA) is 36.0 Å². The molecule has 1 aromatic carbocycles. The van der Waals surface area contributed by atoms with Crippen LogP contribution in [0.1, 0.15) is 12.0 Å². The molecule has 0 saturated carbocycles. The third-order valence-corrected chi connectivity index (χ3v) is 5.77. The second-order valence-corrected chi connectivity index (χ2v) is 7.85. The first-order valence-electron chi connectivity index (χ1n) is 10.0. The summed E-state index contributed by atoms with van der Waals surface area (Å²) in [5, 5.41) is 0. The van der Waals surface area contributed by atoms with Crippen LogP contribution in [-0.4, -0.2) is 60.9 Å². The largest absolute Gasteiger partial charge is 0.494 e. The standard InChI is InChI=1S/C24H26FN3O2/c1-26(2)20-11-12-27(15-20)21-9-8-19-6-4-5-17(14-24(29)28(19)16-21)18-7-10-23(30-3)22(25)13-18/h4-10,13-14,16,20H,11-12,15H2,1-3H3/b5-4?,17-14?,19-6+/t20-/m0/s1. The minimum atomic E-state index is -0.456. The van der Waals surface area contributed by atoms with Crippen LogP contribution in [0.3, 0.4) is 0 Å². The molecule has 3 aliphatic heterocycles. The molecule has 0 unspecified atom stereocenters. The number of hydrogen-bond acceptors (Lipinski definition) is 4. The van der Waals surface area contributed by atoms with Gasteiger partial charge in [-0.05, 0) is 62.0 Å². The van der Waals surface area contributed by atoms with Gasteiger partial charge < -0.3 is 14.5 Å². The number of allylic oxidation sites excluding steroid dienone is 6. The molecule has 0 N–H and O–H groups in total. The fraction of sp³-hybridized carbons (Fsp3) is 0.292. The summed E-state index contributed by atoms with van der Waals surface area (Å²) in [4.78, 5) is 19.3. The molecule has 1 fully saturated rings. The summed E-state index contributed by atoms with van der Waals surface area (Å²) < 4.78 is 19.1. The van der Waals surface area contributed by atoms with E-state index in [1.54, 1.807) is 23.1 Å². The van der Waals surface area contributed by atoms with Crippen LogP contribution in [0.25, 0.3) is 5.57 Å². The number of carbonyl (C=O) groups is 1. The maximum absolute atomic E-state index is 14.2. The van der Waals surface area contributed by atoms with Crippen LogP contribution in [0.5, 0.6) is 5.75 Å². The lowest BCUT2D eigenvalue weighted by molar-refractivity contribution is -0.122. The van der Waals surface area contributed by atoms with Gasteiger partial charge in [0.15, 0.2) is 11.6 Å². The van der Waals surface area contributed by atoms with Crippen molar-refractivity contribution in [2.45, 2.75) is 12.5 Å². The predicted molar refractivity (Wildman–Crippen MR) is 116 cm³/mol. The highest BCUT2D eigenvalue weighted by Crippen LogP contribution is 2.28. The number of ether oxygens (including phenoxy) is 1. The Morgan fingerprint density at radius 1 is 1.17 bits per heavy atom. The smallest absolute Gasteiger partial charge is 0.255 e. The molecule has 0 aliphatic carbocycles. The molecular formula is C24H26FN3O2. The lowest BCUT2D eigenvalue weighted by Crippen LogP contribution is -2.33. The lowest BCUT2D eigenvalue weighted by Gasteiger charge is -2.29. The van der Waals surface area contributed by atoms with Crippen molar-refractivity contribution >= 4 is 11.5 Å². The molecule has 3 aliphatic rings. The molecule has 156 valence electrons. The number of likely N-dealkylation sites (N-methyl/N-ethyl adjacent to an activating group) is 1. The first-order chi connectivity index (χ1) is 14.5.